The van der Waals surface area contributed by atoms with Crippen molar-refractivity contribution in [2.24, 2.45) is 5.92 Å². The molecule has 0 saturated carbocycles. The van der Waals surface area contributed by atoms with Crippen molar-refractivity contribution in [3.63, 3.8) is 0 Å². The molecule has 2 aromatic carbocycles. The molecule has 53 heavy (non-hydrogen) atoms. The first-order valence-corrected chi connectivity index (χ1v) is 20.4. The summed E-state index contributed by atoms with van der Waals surface area (Å²) < 4.78 is 178. The van der Waals surface area contributed by atoms with Crippen LogP contribution in [0.2, 0.25) is 0 Å². The quantitative estimate of drug-likeness (QED) is 0.0984. The van der Waals surface area contributed by atoms with E-state index >= 15 is 0 Å². The van der Waals surface area contributed by atoms with Gasteiger partial charge in [-0.2, -0.15) is 26.3 Å². The summed E-state index contributed by atoms with van der Waals surface area (Å²) >= 11 is 0. The zero-order valence-electron chi connectivity index (χ0n) is 29.7. The first-order chi connectivity index (χ1) is 23.2. The molecule has 0 spiro atoms. The minimum Gasteiger partial charge on any atom is -0.463 e. The van der Waals surface area contributed by atoms with E-state index in [1.54, 1.807) is 6.92 Å². The fourth-order valence-corrected chi connectivity index (χ4v) is 8.33. The Morgan fingerprint density at radius 1 is 0.642 bits per heavy atom. The Labute approximate surface area is 329 Å². The Morgan fingerprint density at radius 2 is 1.00 bits per heavy atom. The first-order valence-electron chi connectivity index (χ1n) is 14.6. The number of carbonyl (C=O) groups excluding carboxylic acids is 1. The third kappa shape index (κ3) is 16.2. The molecule has 3 atom stereocenters. The second-order valence-electron chi connectivity index (χ2n) is 10.8. The Balaban J connectivity index is 0. The maximum Gasteiger partial charge on any atom is 1.00 e. The minimum atomic E-state index is -6.19. The van der Waals surface area contributed by atoms with Gasteiger partial charge in [0.15, 0.2) is 20.0 Å². The third-order valence-electron chi connectivity index (χ3n) is 7.08. The van der Waals surface area contributed by atoms with Crippen molar-refractivity contribution < 1.29 is 112 Å². The normalized spacial score (nSPS) is 14.3. The zero-order chi connectivity index (χ0) is 39.6. The molecule has 13 nitrogen and oxygen atoms in total. The third-order valence-corrected chi connectivity index (χ3v) is 13.1. The Morgan fingerprint density at radius 3 is 1.30 bits per heavy atom. The van der Waals surface area contributed by atoms with E-state index in [0.29, 0.717) is 18.4 Å². The van der Waals surface area contributed by atoms with Gasteiger partial charge < -0.3 is 17.7 Å². The second kappa shape index (κ2) is 21.6. The summed E-state index contributed by atoms with van der Waals surface area (Å²) in [6.07, 6.45) is 1.69. The van der Waals surface area contributed by atoms with E-state index in [-0.39, 0.29) is 62.8 Å². The van der Waals surface area contributed by atoms with Crippen molar-refractivity contribution in [3.05, 3.63) is 67.9 Å². The van der Waals surface area contributed by atoms with Gasteiger partial charge in [0.2, 0.25) is 0 Å². The van der Waals surface area contributed by atoms with Gasteiger partial charge >= 0.3 is 54.7 Å². The number of esters is 1. The molecule has 0 saturated heterocycles. The Bertz CT molecular complexity index is 1900. The monoisotopic (exact) mass is 832 g/mol. The van der Waals surface area contributed by atoms with E-state index < -0.39 is 72.8 Å². The van der Waals surface area contributed by atoms with Crippen LogP contribution in [-0.2, 0) is 54.4 Å². The molecule has 0 aliphatic carbocycles. The molecule has 0 aliphatic heterocycles. The van der Waals surface area contributed by atoms with Crippen molar-refractivity contribution >= 4 is 46.1 Å². The van der Waals surface area contributed by atoms with Crippen LogP contribution in [-0.4, -0.2) is 71.0 Å². The largest absolute Gasteiger partial charge is 1.00 e. The number of hydrogen-bond donors (Lipinski definition) is 0. The van der Waals surface area contributed by atoms with Crippen LogP contribution in [0.3, 0.4) is 0 Å². The molecule has 0 N–H and O–H groups in total. The van der Waals surface area contributed by atoms with Crippen LogP contribution in [0.15, 0.2) is 58.3 Å². The molecule has 3 unspecified atom stereocenters. The number of nitrogens with zero attached hydrogens (tertiary/aromatic N) is 2. The van der Waals surface area contributed by atoms with Gasteiger partial charge in [-0.15, -0.1) is 0 Å². The number of halogens is 6. The van der Waals surface area contributed by atoms with E-state index in [4.69, 9.17) is 9.47 Å². The molecular formula is C28H36F6Li2N2O11S4. The number of carbonyl (C=O) groups is 1. The van der Waals surface area contributed by atoms with Crippen LogP contribution in [0.1, 0.15) is 69.9 Å². The smallest absolute Gasteiger partial charge is 0.463 e. The number of methoxy groups -OCH3 is 1. The topological polar surface area (TPSA) is 200 Å². The van der Waals surface area contributed by atoms with Crippen LogP contribution in [0, 0.1) is 5.92 Å². The molecule has 0 aliphatic rings. The number of ether oxygens (including phenoxy) is 2. The minimum absolute atomic E-state index is 0. The van der Waals surface area contributed by atoms with Gasteiger partial charge in [-0.1, -0.05) is 52.0 Å². The summed E-state index contributed by atoms with van der Waals surface area (Å²) in [5.41, 5.74) is -10.2. The van der Waals surface area contributed by atoms with Crippen LogP contribution in [0.5, 0.6) is 0 Å². The summed E-state index contributed by atoms with van der Waals surface area (Å²) in [7, 11) is -20.8. The average molecular weight is 833 g/mol. The molecule has 0 radical (unpaired) electrons. The molecule has 0 bridgehead atoms. The van der Waals surface area contributed by atoms with Crippen molar-refractivity contribution in [1.82, 2.24) is 0 Å². The van der Waals surface area contributed by atoms with Gasteiger partial charge in [-0.25, -0.2) is 33.7 Å². The molecule has 2 aromatic rings. The van der Waals surface area contributed by atoms with Gasteiger partial charge in [0.25, 0.3) is 0 Å². The van der Waals surface area contributed by atoms with Crippen molar-refractivity contribution in [2.45, 2.75) is 79.6 Å². The molecule has 0 fully saturated rings. The van der Waals surface area contributed by atoms with Crippen LogP contribution in [0.4, 0.5) is 26.3 Å². The van der Waals surface area contributed by atoms with E-state index in [2.05, 4.69) is 0 Å². The van der Waals surface area contributed by atoms with Gasteiger partial charge in [0.05, 0.1) is 12.5 Å². The van der Waals surface area contributed by atoms with E-state index in [1.165, 1.54) is 31.4 Å². The van der Waals surface area contributed by atoms with Crippen LogP contribution >= 0.6 is 0 Å². The molecule has 0 amide bonds. The molecule has 0 heterocycles. The predicted octanol–water partition coefficient (Wildman–Crippen LogP) is 0.428. The number of alkyl halides is 6. The summed E-state index contributed by atoms with van der Waals surface area (Å²) in [5, 5.41) is 0. The van der Waals surface area contributed by atoms with Crippen molar-refractivity contribution in [3.8, 4) is 0 Å². The number of benzene rings is 2. The summed E-state index contributed by atoms with van der Waals surface area (Å²) in [5.74, 6) is -0.876. The summed E-state index contributed by atoms with van der Waals surface area (Å²) in [4.78, 5) is 10.8. The van der Waals surface area contributed by atoms with E-state index in [0.717, 1.165) is 36.2 Å². The van der Waals surface area contributed by atoms with Crippen molar-refractivity contribution in [1.29, 1.82) is 0 Å². The van der Waals surface area contributed by atoms with Gasteiger partial charge in [-0.3, -0.25) is 4.79 Å². The number of rotatable bonds is 16. The average Bonchev–Trinajstić information content (AvgIpc) is 3.01. The van der Waals surface area contributed by atoms with Crippen LogP contribution in [0.25, 0.3) is 8.25 Å². The first kappa shape index (κ1) is 53.5. The number of sulfonamides is 4. The van der Waals surface area contributed by atoms with E-state index in [1.807, 2.05) is 29.0 Å². The van der Waals surface area contributed by atoms with Crippen molar-refractivity contribution in [2.75, 3.05) is 20.3 Å². The maximum atomic E-state index is 12.4. The molecule has 2 rings (SSSR count). The SMILES string of the molecule is CCC(C)c1ccc(S(=O)(=O)[N-]S(=O)(=O)C(F)(F)F)cc1.CCC(CC(C)c1ccc(S(=O)(=O)[N-]S(=O)(=O)C(F)(F)F)cc1)C(=O)OCCOC.[Li+].[Li+]. The van der Waals surface area contributed by atoms with Gasteiger partial charge in [0, 0.05) is 16.9 Å². The fourth-order valence-electron chi connectivity index (χ4n) is 3.94. The summed E-state index contributed by atoms with van der Waals surface area (Å²) in [6, 6.07) is 9.49. The number of hydrogen-bond acceptors (Lipinski definition) is 11. The zero-order valence-corrected chi connectivity index (χ0v) is 32.9. The standard InChI is InChI=1S/C17H23F3NO7S2.C11H13F3NO4S2.2Li/c1-4-13(16(22)28-10-9-27-3)11-12(2)14-5-7-15(8-6-14)29(23,24)21-30(25,26)17(18,19)20;1-3-8(2)9-4-6-10(7-5-9)20(16,17)15-21(18,19)11(12,13)14;;/h5-8,12-13H,4,9-11H2,1-3H3;4-8H,3H2,1-2H3;;/q2*-1;2*+1. The Hall–Kier alpha value is -1.64. The van der Waals surface area contributed by atoms with E-state index in [9.17, 15) is 64.8 Å². The Kier molecular flexibility index (Phi) is 21.8. The maximum absolute atomic E-state index is 12.4. The molecular weight excluding hydrogens is 796 g/mol. The second-order valence-corrected chi connectivity index (χ2v) is 17.7. The fraction of sp³-hybridized carbons (Fsp3) is 0.536. The summed E-state index contributed by atoms with van der Waals surface area (Å²) in [6.45, 7) is 7.79. The molecule has 0 aromatic heterocycles. The predicted molar refractivity (Wildman–Crippen MR) is 172 cm³/mol. The van der Waals surface area contributed by atoms with Crippen LogP contribution < -0.4 is 37.7 Å². The molecule has 292 valence electrons. The van der Waals surface area contributed by atoms with Gasteiger partial charge in [-0.05, 0) is 66.5 Å². The molecule has 25 heteroatoms. The van der Waals surface area contributed by atoms with Gasteiger partial charge in [0.1, 0.15) is 26.7 Å².